The van der Waals surface area contributed by atoms with E-state index in [0.29, 0.717) is 22.7 Å². The molecule has 134 valence electrons. The van der Waals surface area contributed by atoms with Gasteiger partial charge in [0.1, 0.15) is 5.03 Å². The lowest BCUT2D eigenvalue weighted by Gasteiger charge is -2.18. The Morgan fingerprint density at radius 2 is 1.85 bits per heavy atom. The number of carbonyl (C=O) groups is 1. The van der Waals surface area contributed by atoms with Crippen molar-refractivity contribution in [3.05, 3.63) is 88.0 Å². The number of nitriles is 1. The van der Waals surface area contributed by atoms with E-state index in [0.717, 1.165) is 14.9 Å². The summed E-state index contributed by atoms with van der Waals surface area (Å²) < 4.78 is 1.01. The van der Waals surface area contributed by atoms with Gasteiger partial charge in [0.05, 0.1) is 17.2 Å². The molecule has 2 aromatic carbocycles. The van der Waals surface area contributed by atoms with Crippen molar-refractivity contribution in [3.8, 4) is 6.07 Å². The number of hydrogen-bond acceptors (Lipinski definition) is 4. The monoisotopic (exact) mass is 437 g/mol. The van der Waals surface area contributed by atoms with Crippen molar-refractivity contribution in [1.29, 1.82) is 5.26 Å². The quantitative estimate of drug-likeness (QED) is 0.554. The largest absolute Gasteiger partial charge is 0.337 e. The third-order valence-electron chi connectivity index (χ3n) is 3.88. The molecule has 4 nitrogen and oxygen atoms in total. The Morgan fingerprint density at radius 1 is 1.15 bits per heavy atom. The smallest absolute Gasteiger partial charge is 0.256 e. The van der Waals surface area contributed by atoms with Crippen LogP contribution in [0, 0.1) is 11.3 Å². The minimum atomic E-state index is -0.0907. The van der Waals surface area contributed by atoms with Crippen molar-refractivity contribution in [2.24, 2.45) is 0 Å². The Hall–Kier alpha value is -2.62. The second-order valence-corrected chi connectivity index (χ2v) is 7.86. The Morgan fingerprint density at radius 3 is 2.52 bits per heavy atom. The number of halogens is 1. The van der Waals surface area contributed by atoms with Crippen LogP contribution in [0.1, 0.15) is 21.5 Å². The zero-order valence-corrected chi connectivity index (χ0v) is 17.0. The van der Waals surface area contributed by atoms with Gasteiger partial charge in [-0.1, -0.05) is 39.8 Å². The summed E-state index contributed by atoms with van der Waals surface area (Å²) in [5.74, 6) is -0.0907. The molecule has 0 aliphatic carbocycles. The number of benzene rings is 2. The molecule has 1 aromatic heterocycles. The van der Waals surface area contributed by atoms with Crippen LogP contribution in [-0.2, 0) is 6.54 Å². The molecule has 0 saturated heterocycles. The average Bonchev–Trinajstić information content (AvgIpc) is 2.70. The fraction of sp³-hybridized carbons (Fsp3) is 0.0952. The summed E-state index contributed by atoms with van der Waals surface area (Å²) in [6.07, 6.45) is 1.69. The Bertz CT molecular complexity index is 982. The first-order chi connectivity index (χ1) is 13.1. The molecule has 0 unspecified atom stereocenters. The lowest BCUT2D eigenvalue weighted by atomic mass is 10.1. The Labute approximate surface area is 171 Å². The maximum atomic E-state index is 13.0. The van der Waals surface area contributed by atoms with Crippen LogP contribution in [0.2, 0.25) is 0 Å². The highest BCUT2D eigenvalue weighted by molar-refractivity contribution is 9.10. The zero-order chi connectivity index (χ0) is 19.2. The Kier molecular flexibility index (Phi) is 6.28. The van der Waals surface area contributed by atoms with Crippen molar-refractivity contribution in [1.82, 2.24) is 9.88 Å². The second kappa shape index (κ2) is 8.85. The molecule has 3 rings (SSSR count). The van der Waals surface area contributed by atoms with Gasteiger partial charge in [-0.15, -0.1) is 0 Å². The van der Waals surface area contributed by atoms with E-state index < -0.39 is 0 Å². The van der Waals surface area contributed by atoms with Gasteiger partial charge in [0, 0.05) is 29.2 Å². The maximum absolute atomic E-state index is 13.0. The van der Waals surface area contributed by atoms with E-state index in [4.69, 9.17) is 5.26 Å². The van der Waals surface area contributed by atoms with Crippen LogP contribution >= 0.6 is 27.7 Å². The number of amides is 1. The highest BCUT2D eigenvalue weighted by atomic mass is 79.9. The van der Waals surface area contributed by atoms with Crippen LogP contribution in [0.15, 0.2) is 81.3 Å². The molecule has 0 fully saturated rings. The Balaban J connectivity index is 1.77. The van der Waals surface area contributed by atoms with Gasteiger partial charge in [-0.3, -0.25) is 4.79 Å². The van der Waals surface area contributed by atoms with Crippen molar-refractivity contribution in [2.75, 3.05) is 7.05 Å². The van der Waals surface area contributed by atoms with Gasteiger partial charge in [0.15, 0.2) is 0 Å². The summed E-state index contributed by atoms with van der Waals surface area (Å²) in [4.78, 5) is 20.0. The van der Waals surface area contributed by atoms with E-state index in [1.807, 2.05) is 36.4 Å². The molecular weight excluding hydrogens is 422 g/mol. The summed E-state index contributed by atoms with van der Waals surface area (Å²) in [6, 6.07) is 20.8. The van der Waals surface area contributed by atoms with Crippen molar-refractivity contribution in [2.45, 2.75) is 16.5 Å². The van der Waals surface area contributed by atoms with Gasteiger partial charge in [-0.25, -0.2) is 4.98 Å². The summed E-state index contributed by atoms with van der Waals surface area (Å²) >= 11 is 4.89. The van der Waals surface area contributed by atoms with E-state index in [1.165, 1.54) is 11.8 Å². The first-order valence-electron chi connectivity index (χ1n) is 8.20. The predicted molar refractivity (Wildman–Crippen MR) is 109 cm³/mol. The molecule has 27 heavy (non-hydrogen) atoms. The molecular formula is C21H16BrN3OS. The van der Waals surface area contributed by atoms with Crippen LogP contribution in [0.5, 0.6) is 0 Å². The molecule has 1 heterocycles. The van der Waals surface area contributed by atoms with E-state index in [9.17, 15) is 4.79 Å². The first kappa shape index (κ1) is 19.2. The summed E-state index contributed by atoms with van der Waals surface area (Å²) in [7, 11) is 1.77. The lowest BCUT2D eigenvalue weighted by Crippen LogP contribution is -2.26. The van der Waals surface area contributed by atoms with E-state index in [-0.39, 0.29) is 5.91 Å². The zero-order valence-electron chi connectivity index (χ0n) is 14.6. The fourth-order valence-corrected chi connectivity index (χ4v) is 3.62. The molecule has 3 aromatic rings. The van der Waals surface area contributed by atoms with Gasteiger partial charge >= 0.3 is 0 Å². The van der Waals surface area contributed by atoms with Gasteiger partial charge in [-0.05, 0) is 54.1 Å². The van der Waals surface area contributed by atoms with Crippen LogP contribution in [0.3, 0.4) is 0 Å². The molecule has 6 heteroatoms. The molecule has 0 spiro atoms. The van der Waals surface area contributed by atoms with Crippen LogP contribution in [0.25, 0.3) is 0 Å². The SMILES string of the molecule is CN(Cc1ccc(C#N)cc1)C(=O)c1cccnc1Sc1ccc(Br)cc1. The second-order valence-electron chi connectivity index (χ2n) is 5.88. The number of aromatic nitrogens is 1. The minimum absolute atomic E-state index is 0.0907. The van der Waals surface area contributed by atoms with Gasteiger partial charge in [0.2, 0.25) is 0 Å². The van der Waals surface area contributed by atoms with Crippen molar-refractivity contribution >= 4 is 33.6 Å². The normalized spacial score (nSPS) is 10.3. The average molecular weight is 438 g/mol. The van der Waals surface area contributed by atoms with E-state index >= 15 is 0 Å². The van der Waals surface area contributed by atoms with E-state index in [1.54, 1.807) is 42.4 Å². The lowest BCUT2D eigenvalue weighted by molar-refractivity contribution is 0.0781. The predicted octanol–water partition coefficient (Wildman–Crippen LogP) is 5.14. The molecule has 0 radical (unpaired) electrons. The minimum Gasteiger partial charge on any atom is -0.337 e. The number of carbonyl (C=O) groups excluding carboxylic acids is 1. The van der Waals surface area contributed by atoms with Gasteiger partial charge in [-0.2, -0.15) is 5.26 Å². The fourth-order valence-electron chi connectivity index (χ4n) is 2.49. The van der Waals surface area contributed by atoms with Crippen LogP contribution in [-0.4, -0.2) is 22.8 Å². The maximum Gasteiger partial charge on any atom is 0.256 e. The van der Waals surface area contributed by atoms with Crippen molar-refractivity contribution < 1.29 is 4.79 Å². The molecule has 0 atom stereocenters. The van der Waals surface area contributed by atoms with Crippen LogP contribution in [0.4, 0.5) is 0 Å². The number of nitrogens with zero attached hydrogens (tertiary/aromatic N) is 3. The highest BCUT2D eigenvalue weighted by Crippen LogP contribution is 2.30. The van der Waals surface area contributed by atoms with Crippen molar-refractivity contribution in [3.63, 3.8) is 0 Å². The topological polar surface area (TPSA) is 57.0 Å². The highest BCUT2D eigenvalue weighted by Gasteiger charge is 2.17. The molecule has 0 aliphatic rings. The molecule has 1 amide bonds. The van der Waals surface area contributed by atoms with Crippen LogP contribution < -0.4 is 0 Å². The molecule has 0 saturated carbocycles. The number of hydrogen-bond donors (Lipinski definition) is 0. The third-order valence-corrected chi connectivity index (χ3v) is 5.43. The molecule has 0 N–H and O–H groups in total. The number of rotatable bonds is 5. The summed E-state index contributed by atoms with van der Waals surface area (Å²) in [5, 5.41) is 9.56. The van der Waals surface area contributed by atoms with E-state index in [2.05, 4.69) is 27.0 Å². The molecule has 0 bridgehead atoms. The molecule has 0 aliphatic heterocycles. The standard InChI is InChI=1S/C21H16BrN3OS/c1-25(14-16-6-4-15(13-23)5-7-16)21(26)19-3-2-12-24-20(19)27-18-10-8-17(22)9-11-18/h2-12H,14H2,1H3. The summed E-state index contributed by atoms with van der Waals surface area (Å²) in [6.45, 7) is 0.460. The first-order valence-corrected chi connectivity index (χ1v) is 9.80. The van der Waals surface area contributed by atoms with Gasteiger partial charge in [0.25, 0.3) is 5.91 Å². The summed E-state index contributed by atoms with van der Waals surface area (Å²) in [5.41, 5.74) is 2.14. The van der Waals surface area contributed by atoms with Gasteiger partial charge < -0.3 is 4.90 Å². The number of pyridine rings is 1. The third kappa shape index (κ3) is 4.97.